The maximum Gasteiger partial charge on any atom is 0.343 e. The molecule has 1 atom stereocenters. The summed E-state index contributed by atoms with van der Waals surface area (Å²) in [6.45, 7) is 13.7. The molecule has 6 nitrogen and oxygen atoms in total. The van der Waals surface area contributed by atoms with Crippen LogP contribution in [0.3, 0.4) is 0 Å². The first-order valence-electron chi connectivity index (χ1n) is 11.5. The van der Waals surface area contributed by atoms with Crippen LogP contribution in [0, 0.1) is 0 Å². The number of carbonyl (C=O) groups is 1. The van der Waals surface area contributed by atoms with E-state index in [1.54, 1.807) is 17.6 Å². The predicted octanol–water partition coefficient (Wildman–Crippen LogP) is 3.80. The van der Waals surface area contributed by atoms with Gasteiger partial charge >= 0.3 is 5.97 Å². The number of hydrogen-bond acceptors (Lipinski definition) is 5. The molecule has 1 N–H and O–H groups in total. The first kappa shape index (κ1) is 22.0. The highest BCUT2D eigenvalue weighted by Gasteiger charge is 2.46. The molecule has 172 valence electrons. The summed E-state index contributed by atoms with van der Waals surface area (Å²) >= 11 is 0. The number of esters is 1. The molecule has 33 heavy (non-hydrogen) atoms. The molecule has 0 fully saturated rings. The van der Waals surface area contributed by atoms with Crippen molar-refractivity contribution in [1.29, 1.82) is 0 Å². The first-order valence-corrected chi connectivity index (χ1v) is 14.5. The van der Waals surface area contributed by atoms with Gasteiger partial charge in [-0.3, -0.25) is 4.79 Å². The molecule has 0 saturated carbocycles. The van der Waals surface area contributed by atoms with Gasteiger partial charge in [-0.25, -0.2) is 9.78 Å². The van der Waals surface area contributed by atoms with Crippen LogP contribution in [0.15, 0.2) is 35.1 Å². The molecule has 0 unspecified atom stereocenters. The summed E-state index contributed by atoms with van der Waals surface area (Å²) in [6.07, 6.45) is 0.134. The van der Waals surface area contributed by atoms with E-state index < -0.39 is 19.6 Å². The van der Waals surface area contributed by atoms with E-state index in [0.29, 0.717) is 23.4 Å². The van der Waals surface area contributed by atoms with Crippen molar-refractivity contribution in [3.05, 3.63) is 57.4 Å². The second-order valence-electron chi connectivity index (χ2n) is 10.8. The van der Waals surface area contributed by atoms with Crippen LogP contribution in [-0.4, -0.2) is 28.7 Å². The Hall–Kier alpha value is -2.77. The number of rotatable bonds is 2. The van der Waals surface area contributed by atoms with Gasteiger partial charge in [0.1, 0.15) is 6.61 Å². The zero-order valence-corrected chi connectivity index (χ0v) is 21.1. The van der Waals surface area contributed by atoms with Gasteiger partial charge in [-0.1, -0.05) is 59.0 Å². The fraction of sp³-hybridized carbons (Fsp3) is 0.423. The monoisotopic (exact) mass is 462 g/mol. The van der Waals surface area contributed by atoms with Gasteiger partial charge in [-0.05, 0) is 39.7 Å². The average molecular weight is 463 g/mol. The molecule has 1 aromatic carbocycles. The molecule has 4 heterocycles. The summed E-state index contributed by atoms with van der Waals surface area (Å²) in [5.41, 5.74) is 2.12. The molecule has 2 aromatic heterocycles. The lowest BCUT2D eigenvalue weighted by Crippen LogP contribution is -2.51. The molecular formula is C26H30N2O4Si. The minimum Gasteiger partial charge on any atom is -0.458 e. The molecule has 0 bridgehead atoms. The van der Waals surface area contributed by atoms with Gasteiger partial charge in [0.2, 0.25) is 0 Å². The lowest BCUT2D eigenvalue weighted by Gasteiger charge is -2.39. The highest BCUT2D eigenvalue weighted by atomic mass is 28.3. The first-order chi connectivity index (χ1) is 15.4. The third kappa shape index (κ3) is 2.85. The zero-order chi connectivity index (χ0) is 23.9. The number of aliphatic hydroxyl groups is 1. The van der Waals surface area contributed by atoms with E-state index >= 15 is 0 Å². The molecular weight excluding hydrogens is 432 g/mol. The van der Waals surface area contributed by atoms with E-state index in [1.807, 2.05) is 18.2 Å². The van der Waals surface area contributed by atoms with Crippen LogP contribution in [0.4, 0.5) is 0 Å². The number of fused-ring (bicyclic) bond motifs is 5. The maximum atomic E-state index is 13.6. The molecule has 0 aliphatic carbocycles. The van der Waals surface area contributed by atoms with Crippen LogP contribution in [-0.2, 0) is 28.3 Å². The topological polar surface area (TPSA) is 81.4 Å². The zero-order valence-electron chi connectivity index (χ0n) is 20.1. The van der Waals surface area contributed by atoms with Gasteiger partial charge in [0.15, 0.2) is 5.60 Å². The summed E-state index contributed by atoms with van der Waals surface area (Å²) in [4.78, 5) is 31.0. The molecule has 5 rings (SSSR count). The van der Waals surface area contributed by atoms with E-state index in [9.17, 15) is 14.7 Å². The van der Waals surface area contributed by atoms with Crippen molar-refractivity contribution in [2.75, 3.05) is 0 Å². The van der Waals surface area contributed by atoms with Crippen molar-refractivity contribution in [3.8, 4) is 11.4 Å². The lowest BCUT2D eigenvalue weighted by atomic mass is 9.86. The van der Waals surface area contributed by atoms with Crippen molar-refractivity contribution in [3.63, 3.8) is 0 Å². The molecule has 7 heteroatoms. The van der Waals surface area contributed by atoms with Crippen LogP contribution in [0.2, 0.25) is 18.1 Å². The minimum absolute atomic E-state index is 0.0899. The molecule has 2 aliphatic rings. The normalized spacial score (nSPS) is 19.8. The van der Waals surface area contributed by atoms with Crippen LogP contribution < -0.4 is 10.7 Å². The molecule has 0 amide bonds. The molecule has 0 radical (unpaired) electrons. The summed E-state index contributed by atoms with van der Waals surface area (Å²) in [7, 11) is -2.02. The van der Waals surface area contributed by atoms with Crippen molar-refractivity contribution in [2.45, 2.75) is 71.0 Å². The third-order valence-electron chi connectivity index (χ3n) is 8.09. The molecule has 3 aromatic rings. The predicted molar refractivity (Wildman–Crippen MR) is 131 cm³/mol. The number of pyridine rings is 2. The number of aromatic nitrogens is 2. The highest BCUT2D eigenvalue weighted by Crippen LogP contribution is 2.42. The Morgan fingerprint density at radius 2 is 1.88 bits per heavy atom. The summed E-state index contributed by atoms with van der Waals surface area (Å²) < 4.78 is 6.94. The Bertz CT molecular complexity index is 1400. The van der Waals surface area contributed by atoms with E-state index in [1.165, 1.54) is 5.19 Å². The summed E-state index contributed by atoms with van der Waals surface area (Å²) in [5, 5.41) is 13.7. The summed E-state index contributed by atoms with van der Waals surface area (Å²) in [6, 6.07) is 9.98. The van der Waals surface area contributed by atoms with Crippen LogP contribution in [0.1, 0.15) is 50.8 Å². The Labute approximate surface area is 194 Å². The van der Waals surface area contributed by atoms with Gasteiger partial charge < -0.3 is 14.4 Å². The second-order valence-corrected chi connectivity index (χ2v) is 16.1. The number of carbonyl (C=O) groups excluding carboxylic acids is 1. The number of nitrogens with zero attached hydrogens (tertiary/aromatic N) is 2. The minimum atomic E-state index is -2.02. The van der Waals surface area contributed by atoms with Crippen LogP contribution in [0.5, 0.6) is 0 Å². The lowest BCUT2D eigenvalue weighted by molar-refractivity contribution is -0.172. The van der Waals surface area contributed by atoms with E-state index in [2.05, 4.69) is 39.9 Å². The van der Waals surface area contributed by atoms with Crippen molar-refractivity contribution in [2.24, 2.45) is 0 Å². The van der Waals surface area contributed by atoms with Crippen molar-refractivity contribution in [1.82, 2.24) is 9.55 Å². The number of cyclic esters (lactones) is 1. The molecule has 0 saturated heterocycles. The average Bonchev–Trinajstić information content (AvgIpc) is 3.12. The Morgan fingerprint density at radius 1 is 1.18 bits per heavy atom. The number of para-hydroxylation sites is 1. The quantitative estimate of drug-likeness (QED) is 0.362. The number of hydrogen-bond donors (Lipinski definition) is 1. The Kier molecular flexibility index (Phi) is 4.59. The standard InChI is InChI=1S/C26H30N2O4Si/c1-7-26(31)18-12-20-21-16(13-28(20)23(29)17(18)14-32-24(26)30)22(33(5,6)25(2,3)4)15-10-8-9-11-19(15)27-21/h8-12,31H,7,13-14H2,1-6H3/t26-/m1/s1. The van der Waals surface area contributed by atoms with Gasteiger partial charge in [0.05, 0.1) is 37.1 Å². The van der Waals surface area contributed by atoms with E-state index in [-0.39, 0.29) is 23.6 Å². The van der Waals surface area contributed by atoms with Crippen molar-refractivity contribution < 1.29 is 14.6 Å². The maximum absolute atomic E-state index is 13.6. The third-order valence-corrected chi connectivity index (χ3v) is 13.7. The SMILES string of the molecule is CC[C@]1(O)C(=O)OCc2c1cc1n(c2=O)Cc2c-1nc1ccccc1c2[Si](C)(C)C(C)(C)C. The summed E-state index contributed by atoms with van der Waals surface area (Å²) in [5.74, 6) is -0.700. The number of ether oxygens (including phenoxy) is 1. The van der Waals surface area contributed by atoms with Gasteiger partial charge in [-0.15, -0.1) is 0 Å². The van der Waals surface area contributed by atoms with Crippen LogP contribution in [0.25, 0.3) is 22.3 Å². The molecule has 2 aliphatic heterocycles. The van der Waals surface area contributed by atoms with E-state index in [0.717, 1.165) is 22.2 Å². The highest BCUT2D eigenvalue weighted by molar-refractivity contribution is 6.94. The second kappa shape index (κ2) is 6.87. The fourth-order valence-corrected chi connectivity index (χ4v) is 7.70. The molecule has 0 spiro atoms. The van der Waals surface area contributed by atoms with Gasteiger partial charge in [0.25, 0.3) is 5.56 Å². The van der Waals surface area contributed by atoms with Crippen LogP contribution >= 0.6 is 0 Å². The largest absolute Gasteiger partial charge is 0.458 e. The number of benzene rings is 1. The van der Waals surface area contributed by atoms with Crippen molar-refractivity contribution >= 4 is 30.1 Å². The van der Waals surface area contributed by atoms with E-state index in [4.69, 9.17) is 9.72 Å². The smallest absolute Gasteiger partial charge is 0.343 e. The Morgan fingerprint density at radius 3 is 2.55 bits per heavy atom. The Balaban J connectivity index is 1.87. The van der Waals surface area contributed by atoms with Gasteiger partial charge in [0, 0.05) is 5.56 Å². The van der Waals surface area contributed by atoms with Gasteiger partial charge in [-0.2, -0.15) is 0 Å². The fourth-order valence-electron chi connectivity index (χ4n) is 5.12.